The summed E-state index contributed by atoms with van der Waals surface area (Å²) in [6.07, 6.45) is 1.86. The largest absolute Gasteiger partial charge is 0.276 e. The minimum Gasteiger partial charge on any atom is -0.276 e. The summed E-state index contributed by atoms with van der Waals surface area (Å²) in [5.41, 5.74) is 8.62. The van der Waals surface area contributed by atoms with Gasteiger partial charge in [0.2, 0.25) is 5.95 Å². The van der Waals surface area contributed by atoms with Crippen molar-refractivity contribution in [2.24, 2.45) is 0 Å². The van der Waals surface area contributed by atoms with Crippen LogP contribution in [-0.2, 0) is 0 Å². The average Bonchev–Trinajstić information content (AvgIpc) is 3.79. The SMILES string of the molecule is c1ccc(-c2nc(-n3c4cc(-c5nc6ccccc6c6c7sc8ccccc8c7c7ccccc7c56)ccc4c4ncccc43)nc3ccccc23)cc1. The van der Waals surface area contributed by atoms with Gasteiger partial charge in [0.05, 0.1) is 39.0 Å². The Morgan fingerprint density at radius 1 is 0.426 bits per heavy atom. The molecule has 0 radical (unpaired) electrons. The second-order valence-electron chi connectivity index (χ2n) is 13.8. The zero-order chi connectivity index (χ0) is 35.3. The molecule has 12 aromatic rings. The number of para-hydroxylation sites is 2. The molecule has 0 aliphatic carbocycles. The van der Waals surface area contributed by atoms with Gasteiger partial charge < -0.3 is 0 Å². The van der Waals surface area contributed by atoms with Gasteiger partial charge in [0.25, 0.3) is 0 Å². The molecular weight excluding hydrogens is 679 g/mol. The van der Waals surface area contributed by atoms with E-state index in [-0.39, 0.29) is 0 Å². The molecule has 54 heavy (non-hydrogen) atoms. The van der Waals surface area contributed by atoms with E-state index in [1.165, 1.54) is 36.3 Å². The zero-order valence-corrected chi connectivity index (χ0v) is 29.5. The number of hydrogen-bond donors (Lipinski definition) is 0. The highest BCUT2D eigenvalue weighted by molar-refractivity contribution is 7.27. The summed E-state index contributed by atoms with van der Waals surface area (Å²) in [4.78, 5) is 20.9. The molecule has 5 aromatic heterocycles. The molecule has 250 valence electrons. The Bertz CT molecular complexity index is 3510. The zero-order valence-electron chi connectivity index (χ0n) is 28.7. The summed E-state index contributed by atoms with van der Waals surface area (Å²) in [5, 5.41) is 10.7. The molecule has 12 rings (SSSR count). The molecule has 0 fully saturated rings. The summed E-state index contributed by atoms with van der Waals surface area (Å²) in [7, 11) is 0. The van der Waals surface area contributed by atoms with E-state index in [0.29, 0.717) is 5.95 Å². The lowest BCUT2D eigenvalue weighted by Gasteiger charge is -2.15. The monoisotopic (exact) mass is 705 g/mol. The van der Waals surface area contributed by atoms with Crippen molar-refractivity contribution in [3.05, 3.63) is 164 Å². The van der Waals surface area contributed by atoms with Crippen molar-refractivity contribution in [2.45, 2.75) is 0 Å². The Balaban J connectivity index is 1.22. The fourth-order valence-electron chi connectivity index (χ4n) is 8.50. The van der Waals surface area contributed by atoms with Crippen molar-refractivity contribution in [1.82, 2.24) is 24.5 Å². The number of rotatable bonds is 3. The Morgan fingerprint density at radius 3 is 1.94 bits per heavy atom. The number of benzene rings is 7. The molecule has 0 aliphatic rings. The van der Waals surface area contributed by atoms with E-state index in [1.807, 2.05) is 41.8 Å². The predicted octanol–water partition coefficient (Wildman–Crippen LogP) is 12.7. The van der Waals surface area contributed by atoms with Crippen LogP contribution in [-0.4, -0.2) is 24.5 Å². The quantitative estimate of drug-likeness (QED) is 0.172. The van der Waals surface area contributed by atoms with Crippen LogP contribution in [0.2, 0.25) is 0 Å². The molecule has 0 saturated carbocycles. The van der Waals surface area contributed by atoms with Gasteiger partial charge in [0.1, 0.15) is 0 Å². The average molecular weight is 706 g/mol. The van der Waals surface area contributed by atoms with Crippen molar-refractivity contribution in [3.63, 3.8) is 0 Å². The highest BCUT2D eigenvalue weighted by Crippen LogP contribution is 2.48. The lowest BCUT2D eigenvalue weighted by atomic mass is 9.92. The van der Waals surface area contributed by atoms with Crippen molar-refractivity contribution < 1.29 is 0 Å². The standard InChI is InChI=1S/C48H27N5S/c1-2-13-28(14-3-1)44-33-18-7-10-21-37(33)51-48(52-44)53-38-22-12-26-49-46(38)34-25-24-29(27-39(34)53)45-42-31-16-5-4-15-30(31)41-35-19-8-11-23-40(35)54-47(41)43(42)32-17-6-9-20-36(32)50-45/h1-27H. The van der Waals surface area contributed by atoms with Crippen LogP contribution in [0.4, 0.5) is 0 Å². The molecule has 5 nitrogen and oxygen atoms in total. The number of pyridine rings is 2. The third kappa shape index (κ3) is 4.14. The molecule has 0 atom stereocenters. The minimum atomic E-state index is 0.603. The van der Waals surface area contributed by atoms with Crippen LogP contribution >= 0.6 is 11.3 Å². The van der Waals surface area contributed by atoms with Crippen molar-refractivity contribution in [3.8, 4) is 28.5 Å². The molecular formula is C48H27N5S. The maximum Gasteiger partial charge on any atom is 0.235 e. The first-order valence-corrected chi connectivity index (χ1v) is 18.9. The normalized spacial score (nSPS) is 12.1. The topological polar surface area (TPSA) is 56.5 Å². The number of fused-ring (bicyclic) bond motifs is 14. The van der Waals surface area contributed by atoms with Crippen LogP contribution in [0.25, 0.3) is 114 Å². The van der Waals surface area contributed by atoms with E-state index in [4.69, 9.17) is 19.9 Å². The maximum atomic E-state index is 5.49. The Kier molecular flexibility index (Phi) is 6.15. The fraction of sp³-hybridized carbons (Fsp3) is 0. The van der Waals surface area contributed by atoms with Gasteiger partial charge in [-0.25, -0.2) is 15.0 Å². The Hall–Kier alpha value is -7.02. The van der Waals surface area contributed by atoms with Crippen LogP contribution < -0.4 is 0 Å². The Morgan fingerprint density at radius 2 is 1.11 bits per heavy atom. The first-order chi connectivity index (χ1) is 26.8. The Labute approximate surface area is 312 Å². The van der Waals surface area contributed by atoms with Crippen LogP contribution in [0.3, 0.4) is 0 Å². The molecule has 0 spiro atoms. The van der Waals surface area contributed by atoms with Gasteiger partial charge in [-0.15, -0.1) is 11.3 Å². The van der Waals surface area contributed by atoms with Crippen molar-refractivity contribution in [2.75, 3.05) is 0 Å². The summed E-state index contributed by atoms with van der Waals surface area (Å²) in [5.74, 6) is 0.603. The third-order valence-corrected chi connectivity index (χ3v) is 12.0. The molecule has 7 aromatic carbocycles. The highest BCUT2D eigenvalue weighted by Gasteiger charge is 2.23. The highest BCUT2D eigenvalue weighted by atomic mass is 32.1. The van der Waals surface area contributed by atoms with Gasteiger partial charge in [-0.2, -0.15) is 0 Å². The molecule has 0 bridgehead atoms. The molecule has 0 N–H and O–H groups in total. The smallest absolute Gasteiger partial charge is 0.235 e. The van der Waals surface area contributed by atoms with E-state index in [2.05, 4.69) is 138 Å². The van der Waals surface area contributed by atoms with Crippen molar-refractivity contribution in [1.29, 1.82) is 0 Å². The summed E-state index contributed by atoms with van der Waals surface area (Å²) in [6, 6.07) is 55.6. The summed E-state index contributed by atoms with van der Waals surface area (Å²) < 4.78 is 4.75. The number of nitrogens with zero attached hydrogens (tertiary/aromatic N) is 5. The summed E-state index contributed by atoms with van der Waals surface area (Å²) in [6.45, 7) is 0. The molecule has 0 unspecified atom stereocenters. The number of thiophene rings is 1. The van der Waals surface area contributed by atoms with E-state index in [1.54, 1.807) is 0 Å². The van der Waals surface area contributed by atoms with Crippen LogP contribution in [0, 0.1) is 0 Å². The van der Waals surface area contributed by atoms with E-state index in [0.717, 1.165) is 71.6 Å². The van der Waals surface area contributed by atoms with Gasteiger partial charge in [-0.1, -0.05) is 115 Å². The second kappa shape index (κ2) is 11.2. The second-order valence-corrected chi connectivity index (χ2v) is 14.8. The van der Waals surface area contributed by atoms with Gasteiger partial charge in [0, 0.05) is 64.4 Å². The lowest BCUT2D eigenvalue weighted by Crippen LogP contribution is -2.03. The molecule has 5 heterocycles. The van der Waals surface area contributed by atoms with Crippen molar-refractivity contribution >= 4 is 96.8 Å². The lowest BCUT2D eigenvalue weighted by molar-refractivity contribution is 1.01. The molecule has 0 aliphatic heterocycles. The molecule has 6 heteroatoms. The van der Waals surface area contributed by atoms with Crippen LogP contribution in [0.15, 0.2) is 164 Å². The first kappa shape index (κ1) is 29.5. The van der Waals surface area contributed by atoms with Gasteiger partial charge >= 0.3 is 0 Å². The number of hydrogen-bond acceptors (Lipinski definition) is 5. The van der Waals surface area contributed by atoms with Gasteiger partial charge in [0.15, 0.2) is 0 Å². The van der Waals surface area contributed by atoms with E-state index < -0.39 is 0 Å². The first-order valence-electron chi connectivity index (χ1n) is 18.1. The van der Waals surface area contributed by atoms with Crippen LogP contribution in [0.5, 0.6) is 0 Å². The molecule has 0 amide bonds. The van der Waals surface area contributed by atoms with E-state index >= 15 is 0 Å². The van der Waals surface area contributed by atoms with E-state index in [9.17, 15) is 0 Å². The molecule has 0 saturated heterocycles. The van der Waals surface area contributed by atoms with Crippen LogP contribution in [0.1, 0.15) is 0 Å². The third-order valence-electron chi connectivity index (χ3n) is 10.8. The number of aromatic nitrogens is 5. The maximum absolute atomic E-state index is 5.49. The van der Waals surface area contributed by atoms with Gasteiger partial charge in [-0.3, -0.25) is 9.55 Å². The van der Waals surface area contributed by atoms with Gasteiger partial charge in [-0.05, 0) is 53.2 Å². The summed E-state index contributed by atoms with van der Waals surface area (Å²) >= 11 is 1.87. The predicted molar refractivity (Wildman–Crippen MR) is 226 cm³/mol. The fourth-order valence-corrected chi connectivity index (χ4v) is 9.78. The minimum absolute atomic E-state index is 0.603.